The molecule has 2 saturated carbocycles. The number of aryl methyl sites for hydroxylation is 1. The molecule has 9 nitrogen and oxygen atoms in total. The second kappa shape index (κ2) is 6.90. The number of nitrogens with one attached hydrogen (secondary N) is 2. The van der Waals surface area contributed by atoms with Crippen LogP contribution in [0.2, 0.25) is 0 Å². The van der Waals surface area contributed by atoms with E-state index >= 15 is 0 Å². The minimum absolute atomic E-state index is 0.108. The molecule has 4 aromatic rings. The average Bonchev–Trinajstić information content (AvgIpc) is 3.51. The number of fused-ring (bicyclic) bond motifs is 4. The monoisotopic (exact) mass is 446 g/mol. The van der Waals surface area contributed by atoms with Gasteiger partial charge in [-0.3, -0.25) is 0 Å². The zero-order valence-electron chi connectivity index (χ0n) is 19.6. The van der Waals surface area contributed by atoms with Crippen LogP contribution in [-0.4, -0.2) is 52.4 Å². The molecular formula is C24H30N8O. The molecule has 0 unspecified atom stereocenters. The van der Waals surface area contributed by atoms with Crippen molar-refractivity contribution in [2.75, 3.05) is 17.7 Å². The van der Waals surface area contributed by atoms with E-state index in [2.05, 4.69) is 34.0 Å². The molecule has 6 rings (SSSR count). The number of hydrogen-bond donors (Lipinski definition) is 3. The summed E-state index contributed by atoms with van der Waals surface area (Å²) in [4.78, 5) is 14.5. The standard InChI is InChI=1S/C24H30N8O/c1-14(2)32-15(3)26-18-6-5-17(27-21(18)32)16-7-12-31-19(16)20(25-4)28-22(30-31)29-23-8-10-24(33,13-23)11-9-23/h5-7,12,14,33H,8-11,13H2,1-4H3,(H2,25,28,29,30). The van der Waals surface area contributed by atoms with Crippen molar-refractivity contribution in [1.29, 1.82) is 0 Å². The van der Waals surface area contributed by atoms with Gasteiger partial charge in [0.05, 0.1) is 11.3 Å². The number of imidazole rings is 1. The molecule has 2 aliphatic carbocycles. The molecule has 2 bridgehead atoms. The van der Waals surface area contributed by atoms with Crippen LogP contribution in [0.5, 0.6) is 0 Å². The van der Waals surface area contributed by atoms with E-state index in [1.54, 1.807) is 0 Å². The minimum atomic E-state index is -0.519. The number of aromatic nitrogens is 6. The van der Waals surface area contributed by atoms with Crippen molar-refractivity contribution in [2.24, 2.45) is 0 Å². The number of nitrogens with zero attached hydrogens (tertiary/aromatic N) is 6. The van der Waals surface area contributed by atoms with Gasteiger partial charge < -0.3 is 20.3 Å². The first-order valence-corrected chi connectivity index (χ1v) is 11.7. The van der Waals surface area contributed by atoms with Crippen molar-refractivity contribution in [1.82, 2.24) is 29.1 Å². The highest BCUT2D eigenvalue weighted by Crippen LogP contribution is 2.51. The van der Waals surface area contributed by atoms with Crippen molar-refractivity contribution in [3.8, 4) is 11.3 Å². The van der Waals surface area contributed by atoms with Gasteiger partial charge in [-0.25, -0.2) is 14.5 Å². The molecule has 2 aliphatic rings. The van der Waals surface area contributed by atoms with Gasteiger partial charge >= 0.3 is 0 Å². The number of aliphatic hydroxyl groups is 1. The largest absolute Gasteiger partial charge is 0.390 e. The molecule has 9 heteroatoms. The first kappa shape index (κ1) is 20.4. The summed E-state index contributed by atoms with van der Waals surface area (Å²) in [5.41, 5.74) is 3.88. The molecule has 4 aromatic heterocycles. The minimum Gasteiger partial charge on any atom is -0.390 e. The molecule has 4 heterocycles. The molecular weight excluding hydrogens is 416 g/mol. The van der Waals surface area contributed by atoms with Gasteiger partial charge in [-0.1, -0.05) is 0 Å². The van der Waals surface area contributed by atoms with Crippen molar-refractivity contribution in [3.05, 3.63) is 30.2 Å². The predicted molar refractivity (Wildman–Crippen MR) is 129 cm³/mol. The molecule has 0 aliphatic heterocycles. The quantitative estimate of drug-likeness (QED) is 0.426. The van der Waals surface area contributed by atoms with Crippen molar-refractivity contribution >= 4 is 28.4 Å². The SMILES string of the molecule is CNc1nc(NC23CCC(O)(CC2)C3)nn2ccc(-c3ccc4nc(C)n(C(C)C)c4n3)c12. The maximum atomic E-state index is 10.6. The Morgan fingerprint density at radius 3 is 2.52 bits per heavy atom. The molecule has 2 fully saturated rings. The van der Waals surface area contributed by atoms with Crippen LogP contribution in [0.4, 0.5) is 11.8 Å². The smallest absolute Gasteiger partial charge is 0.243 e. The molecule has 0 amide bonds. The Morgan fingerprint density at radius 1 is 1.06 bits per heavy atom. The number of pyridine rings is 1. The first-order chi connectivity index (χ1) is 15.8. The molecule has 0 aromatic carbocycles. The summed E-state index contributed by atoms with van der Waals surface area (Å²) < 4.78 is 4.03. The van der Waals surface area contributed by atoms with Gasteiger partial charge in [-0.15, -0.1) is 5.10 Å². The van der Waals surface area contributed by atoms with E-state index in [0.717, 1.165) is 71.7 Å². The van der Waals surface area contributed by atoms with Crippen LogP contribution >= 0.6 is 0 Å². The van der Waals surface area contributed by atoms with Gasteiger partial charge in [-0.05, 0) is 71.1 Å². The van der Waals surface area contributed by atoms with E-state index in [1.165, 1.54) is 0 Å². The zero-order valence-corrected chi connectivity index (χ0v) is 19.6. The highest BCUT2D eigenvalue weighted by Gasteiger charge is 2.53. The van der Waals surface area contributed by atoms with Gasteiger partial charge in [0.25, 0.3) is 0 Å². The third kappa shape index (κ3) is 3.09. The molecule has 0 saturated heterocycles. The lowest BCUT2D eigenvalue weighted by molar-refractivity contribution is 0.0521. The third-order valence-corrected chi connectivity index (χ3v) is 7.44. The number of rotatable bonds is 5. The molecule has 0 atom stereocenters. The fourth-order valence-electron chi connectivity index (χ4n) is 5.90. The van der Waals surface area contributed by atoms with E-state index in [0.29, 0.717) is 5.95 Å². The fourth-order valence-corrected chi connectivity index (χ4v) is 5.90. The van der Waals surface area contributed by atoms with Crippen LogP contribution in [0.1, 0.15) is 57.8 Å². The van der Waals surface area contributed by atoms with Crippen LogP contribution in [-0.2, 0) is 0 Å². The molecule has 33 heavy (non-hydrogen) atoms. The Morgan fingerprint density at radius 2 is 1.85 bits per heavy atom. The van der Waals surface area contributed by atoms with E-state index in [-0.39, 0.29) is 11.6 Å². The van der Waals surface area contributed by atoms with Gasteiger partial charge in [0.1, 0.15) is 16.9 Å². The number of hydrogen-bond acceptors (Lipinski definition) is 7. The summed E-state index contributed by atoms with van der Waals surface area (Å²) in [6.45, 7) is 6.31. The number of anilines is 2. The molecule has 0 radical (unpaired) electrons. The van der Waals surface area contributed by atoms with E-state index < -0.39 is 5.60 Å². The normalized spacial score (nSPS) is 24.4. The summed E-state index contributed by atoms with van der Waals surface area (Å²) in [5, 5.41) is 22.2. The zero-order chi connectivity index (χ0) is 23.0. The summed E-state index contributed by atoms with van der Waals surface area (Å²) in [6, 6.07) is 6.35. The highest BCUT2D eigenvalue weighted by molar-refractivity contribution is 5.89. The average molecular weight is 447 g/mol. The van der Waals surface area contributed by atoms with Crippen LogP contribution in [0, 0.1) is 6.92 Å². The van der Waals surface area contributed by atoms with Crippen molar-refractivity contribution in [3.63, 3.8) is 0 Å². The summed E-state index contributed by atoms with van der Waals surface area (Å²) in [5.74, 6) is 2.29. The highest BCUT2D eigenvalue weighted by atomic mass is 16.3. The van der Waals surface area contributed by atoms with Crippen LogP contribution < -0.4 is 10.6 Å². The Balaban J connectivity index is 1.43. The maximum Gasteiger partial charge on any atom is 0.243 e. The lowest BCUT2D eigenvalue weighted by atomic mass is 9.93. The second-order valence-electron chi connectivity index (χ2n) is 10.0. The Kier molecular flexibility index (Phi) is 4.27. The van der Waals surface area contributed by atoms with Crippen molar-refractivity contribution in [2.45, 2.75) is 70.1 Å². The van der Waals surface area contributed by atoms with E-state index in [4.69, 9.17) is 15.1 Å². The summed E-state index contributed by atoms with van der Waals surface area (Å²) >= 11 is 0. The fraction of sp³-hybridized carbons (Fsp3) is 0.500. The third-order valence-electron chi connectivity index (χ3n) is 7.44. The van der Waals surface area contributed by atoms with Crippen LogP contribution in [0.3, 0.4) is 0 Å². The lowest BCUT2D eigenvalue weighted by Crippen LogP contribution is -2.34. The van der Waals surface area contributed by atoms with E-state index in [1.807, 2.05) is 42.9 Å². The Bertz CT molecular complexity index is 1380. The van der Waals surface area contributed by atoms with Gasteiger partial charge in [-0.2, -0.15) is 4.98 Å². The Labute approximate surface area is 192 Å². The van der Waals surface area contributed by atoms with Crippen molar-refractivity contribution < 1.29 is 5.11 Å². The first-order valence-electron chi connectivity index (χ1n) is 11.7. The predicted octanol–water partition coefficient (Wildman–Crippen LogP) is 3.93. The van der Waals surface area contributed by atoms with Gasteiger partial charge in [0, 0.05) is 30.4 Å². The molecule has 3 N–H and O–H groups in total. The molecule has 172 valence electrons. The van der Waals surface area contributed by atoms with Crippen LogP contribution in [0.15, 0.2) is 24.4 Å². The summed E-state index contributed by atoms with van der Waals surface area (Å²) in [7, 11) is 1.87. The summed E-state index contributed by atoms with van der Waals surface area (Å²) in [6.07, 6.45) is 6.30. The van der Waals surface area contributed by atoms with E-state index in [9.17, 15) is 5.11 Å². The topological polar surface area (TPSA) is 105 Å². The van der Waals surface area contributed by atoms with Gasteiger partial charge in [0.2, 0.25) is 5.95 Å². The van der Waals surface area contributed by atoms with Gasteiger partial charge in [0.15, 0.2) is 11.5 Å². The Hall–Kier alpha value is -3.20. The maximum absolute atomic E-state index is 10.6. The lowest BCUT2D eigenvalue weighted by Gasteiger charge is -2.27. The molecule has 0 spiro atoms. The second-order valence-corrected chi connectivity index (χ2v) is 10.0. The van der Waals surface area contributed by atoms with Crippen LogP contribution in [0.25, 0.3) is 27.9 Å².